The summed E-state index contributed by atoms with van der Waals surface area (Å²) < 4.78 is 1.79. The molecule has 1 amide bonds. The third-order valence-corrected chi connectivity index (χ3v) is 4.82. The lowest BCUT2D eigenvalue weighted by molar-refractivity contribution is -0.115. The molecule has 0 fully saturated rings. The second-order valence-electron chi connectivity index (χ2n) is 5.55. The molecule has 0 atom stereocenters. The van der Waals surface area contributed by atoms with E-state index in [1.807, 2.05) is 30.9 Å². The van der Waals surface area contributed by atoms with Crippen LogP contribution in [0.4, 0.5) is 5.82 Å². The van der Waals surface area contributed by atoms with E-state index in [1.165, 1.54) is 10.5 Å². The zero-order valence-corrected chi connectivity index (χ0v) is 13.9. The monoisotopic (exact) mass is 315 g/mol. The zero-order valence-electron chi connectivity index (χ0n) is 13.1. The highest BCUT2D eigenvalue weighted by atomic mass is 32.2. The second-order valence-corrected chi connectivity index (χ2v) is 6.89. The molecule has 1 heterocycles. The first kappa shape index (κ1) is 15.2. The Morgan fingerprint density at radius 2 is 2.09 bits per heavy atom. The summed E-state index contributed by atoms with van der Waals surface area (Å²) in [6.45, 7) is 2.14. The van der Waals surface area contributed by atoms with E-state index in [2.05, 4.69) is 29.5 Å². The van der Waals surface area contributed by atoms with Crippen LogP contribution < -0.4 is 5.32 Å². The average molecular weight is 315 g/mol. The van der Waals surface area contributed by atoms with E-state index in [9.17, 15) is 4.79 Å². The molecule has 5 heteroatoms. The van der Waals surface area contributed by atoms with Gasteiger partial charge in [0.1, 0.15) is 5.82 Å². The Morgan fingerprint density at radius 1 is 1.32 bits per heavy atom. The molecule has 116 valence electrons. The molecule has 1 N–H and O–H groups in total. The Morgan fingerprint density at radius 3 is 2.82 bits per heavy atom. The number of hydrogen-bond donors (Lipinski definition) is 1. The fourth-order valence-electron chi connectivity index (χ4n) is 2.91. The maximum absolute atomic E-state index is 12.3. The van der Waals surface area contributed by atoms with E-state index < -0.39 is 0 Å². The number of rotatable bonds is 5. The van der Waals surface area contributed by atoms with Crippen LogP contribution in [-0.4, -0.2) is 21.4 Å². The first-order chi connectivity index (χ1) is 10.7. The first-order valence-corrected chi connectivity index (χ1v) is 8.72. The average Bonchev–Trinajstić information content (AvgIpc) is 3.05. The topological polar surface area (TPSA) is 46.9 Å². The van der Waals surface area contributed by atoms with Crippen molar-refractivity contribution in [1.82, 2.24) is 9.78 Å². The van der Waals surface area contributed by atoms with Crippen molar-refractivity contribution in [2.75, 3.05) is 11.1 Å². The van der Waals surface area contributed by atoms with Crippen LogP contribution >= 0.6 is 11.8 Å². The summed E-state index contributed by atoms with van der Waals surface area (Å²) in [7, 11) is 1.89. The van der Waals surface area contributed by atoms with Crippen molar-refractivity contribution in [3.8, 4) is 0 Å². The summed E-state index contributed by atoms with van der Waals surface area (Å²) in [5, 5.41) is 7.52. The van der Waals surface area contributed by atoms with Gasteiger partial charge in [0.15, 0.2) is 0 Å². The molecular formula is C17H21N3OS. The normalized spacial score (nSPS) is 13.2. The van der Waals surface area contributed by atoms with Gasteiger partial charge in [0.2, 0.25) is 5.91 Å². The van der Waals surface area contributed by atoms with Gasteiger partial charge in [-0.15, -0.1) is 11.8 Å². The van der Waals surface area contributed by atoms with Crippen LogP contribution in [0.25, 0.3) is 0 Å². The highest BCUT2D eigenvalue weighted by molar-refractivity contribution is 7.99. The number of thioether (sulfide) groups is 1. The molecular weight excluding hydrogens is 294 g/mol. The van der Waals surface area contributed by atoms with E-state index in [4.69, 9.17) is 0 Å². The van der Waals surface area contributed by atoms with Gasteiger partial charge in [-0.3, -0.25) is 9.48 Å². The molecule has 4 nitrogen and oxygen atoms in total. The smallest absolute Gasteiger partial charge is 0.229 e. The lowest BCUT2D eigenvalue weighted by atomic mass is 10.1. The molecule has 0 radical (unpaired) electrons. The molecule has 1 aliphatic carbocycles. The Kier molecular flexibility index (Phi) is 4.52. The van der Waals surface area contributed by atoms with Gasteiger partial charge < -0.3 is 5.32 Å². The van der Waals surface area contributed by atoms with E-state index in [-0.39, 0.29) is 5.91 Å². The zero-order chi connectivity index (χ0) is 15.5. The standard InChI is InChI=1S/C17H21N3OS/c1-3-22-13-9-7-12(8-10-13)11-16(21)18-17-14-5-4-6-15(14)19-20(17)2/h7-10H,3-6,11H2,1-2H3,(H,18,21). The number of carbonyl (C=O) groups excluding carboxylic acids is 1. The van der Waals surface area contributed by atoms with Crippen LogP contribution in [0.15, 0.2) is 29.2 Å². The highest BCUT2D eigenvalue weighted by Gasteiger charge is 2.21. The van der Waals surface area contributed by atoms with Gasteiger partial charge in [-0.1, -0.05) is 19.1 Å². The van der Waals surface area contributed by atoms with E-state index in [1.54, 1.807) is 4.68 Å². The van der Waals surface area contributed by atoms with Gasteiger partial charge in [0.25, 0.3) is 0 Å². The predicted octanol–water partition coefficient (Wildman–Crippen LogP) is 3.20. The molecule has 0 saturated heterocycles. The summed E-state index contributed by atoms with van der Waals surface area (Å²) in [6, 6.07) is 8.23. The van der Waals surface area contributed by atoms with Gasteiger partial charge in [-0.25, -0.2) is 0 Å². The van der Waals surface area contributed by atoms with Gasteiger partial charge in [0.05, 0.1) is 12.1 Å². The van der Waals surface area contributed by atoms with Crippen molar-refractivity contribution in [3.63, 3.8) is 0 Å². The van der Waals surface area contributed by atoms with Gasteiger partial charge in [-0.2, -0.15) is 5.10 Å². The van der Waals surface area contributed by atoms with Gasteiger partial charge >= 0.3 is 0 Å². The number of aryl methyl sites for hydroxylation is 2. The number of nitrogens with zero attached hydrogens (tertiary/aromatic N) is 2. The molecule has 22 heavy (non-hydrogen) atoms. The minimum atomic E-state index is 0.0218. The maximum Gasteiger partial charge on any atom is 0.229 e. The largest absolute Gasteiger partial charge is 0.310 e. The number of hydrogen-bond acceptors (Lipinski definition) is 3. The molecule has 1 aromatic carbocycles. The van der Waals surface area contributed by atoms with Gasteiger partial charge in [-0.05, 0) is 42.7 Å². The summed E-state index contributed by atoms with van der Waals surface area (Å²) in [5.74, 6) is 1.95. The number of amides is 1. The minimum Gasteiger partial charge on any atom is -0.310 e. The minimum absolute atomic E-state index is 0.0218. The molecule has 0 bridgehead atoms. The van der Waals surface area contributed by atoms with Crippen LogP contribution in [0.1, 0.15) is 30.2 Å². The number of aromatic nitrogens is 2. The first-order valence-electron chi connectivity index (χ1n) is 7.73. The summed E-state index contributed by atoms with van der Waals surface area (Å²) in [6.07, 6.45) is 3.58. The molecule has 0 spiro atoms. The van der Waals surface area contributed by atoms with E-state index >= 15 is 0 Å². The van der Waals surface area contributed by atoms with E-state index in [0.717, 1.165) is 42.1 Å². The van der Waals surface area contributed by atoms with Crippen molar-refractivity contribution in [1.29, 1.82) is 0 Å². The highest BCUT2D eigenvalue weighted by Crippen LogP contribution is 2.28. The SMILES string of the molecule is CCSc1ccc(CC(=O)Nc2c3c(nn2C)CCC3)cc1. The second kappa shape index (κ2) is 6.57. The Hall–Kier alpha value is -1.75. The molecule has 1 aliphatic rings. The third kappa shape index (κ3) is 3.19. The molecule has 1 aromatic heterocycles. The van der Waals surface area contributed by atoms with Crippen molar-refractivity contribution >= 4 is 23.5 Å². The van der Waals surface area contributed by atoms with Crippen LogP contribution in [0.2, 0.25) is 0 Å². The van der Waals surface area contributed by atoms with Crippen molar-refractivity contribution in [3.05, 3.63) is 41.1 Å². The number of anilines is 1. The molecule has 0 saturated carbocycles. The van der Waals surface area contributed by atoms with Crippen molar-refractivity contribution in [2.24, 2.45) is 7.05 Å². The summed E-state index contributed by atoms with van der Waals surface area (Å²) in [4.78, 5) is 13.5. The summed E-state index contributed by atoms with van der Waals surface area (Å²) >= 11 is 1.81. The molecule has 0 aliphatic heterocycles. The Labute approximate surface area is 135 Å². The number of carbonyl (C=O) groups is 1. The third-order valence-electron chi connectivity index (χ3n) is 3.93. The molecule has 2 aromatic rings. The fourth-order valence-corrected chi connectivity index (χ4v) is 3.57. The number of fused-ring (bicyclic) bond motifs is 1. The molecule has 3 rings (SSSR count). The van der Waals surface area contributed by atoms with Crippen molar-refractivity contribution in [2.45, 2.75) is 37.5 Å². The van der Waals surface area contributed by atoms with Crippen LogP contribution in [0.3, 0.4) is 0 Å². The molecule has 0 unspecified atom stereocenters. The van der Waals surface area contributed by atoms with Crippen LogP contribution in [0, 0.1) is 0 Å². The summed E-state index contributed by atoms with van der Waals surface area (Å²) in [5.41, 5.74) is 3.39. The van der Waals surface area contributed by atoms with Gasteiger partial charge in [0, 0.05) is 17.5 Å². The van der Waals surface area contributed by atoms with Crippen LogP contribution in [0.5, 0.6) is 0 Å². The Balaban J connectivity index is 1.65. The lowest BCUT2D eigenvalue weighted by Crippen LogP contribution is -2.17. The van der Waals surface area contributed by atoms with Crippen LogP contribution in [-0.2, 0) is 31.1 Å². The quantitative estimate of drug-likeness (QED) is 0.862. The van der Waals surface area contributed by atoms with Crippen molar-refractivity contribution < 1.29 is 4.79 Å². The number of nitrogens with one attached hydrogen (secondary N) is 1. The van der Waals surface area contributed by atoms with E-state index in [0.29, 0.717) is 6.42 Å². The fraction of sp³-hybridized carbons (Fsp3) is 0.412. The Bertz CT molecular complexity index is 676. The number of benzene rings is 1. The lowest BCUT2D eigenvalue weighted by Gasteiger charge is -2.08. The maximum atomic E-state index is 12.3. The predicted molar refractivity (Wildman–Crippen MR) is 90.4 cm³/mol.